The lowest BCUT2D eigenvalue weighted by Gasteiger charge is -2.21. The molecule has 0 bridgehead atoms. The fraction of sp³-hybridized carbons (Fsp3) is 0.357. The summed E-state index contributed by atoms with van der Waals surface area (Å²) in [5.74, 6) is -2.60. The van der Waals surface area contributed by atoms with Crippen molar-refractivity contribution in [2.45, 2.75) is 26.3 Å². The van der Waals surface area contributed by atoms with E-state index in [0.717, 1.165) is 0 Å². The molecule has 0 aliphatic rings. The Bertz CT molecular complexity index is 525. The van der Waals surface area contributed by atoms with Crippen LogP contribution in [0.3, 0.4) is 0 Å². The van der Waals surface area contributed by atoms with Crippen molar-refractivity contribution >= 4 is 23.7 Å². The molecule has 7 nitrogen and oxygen atoms in total. The number of aliphatic carboxylic acids is 1. The maximum absolute atomic E-state index is 11.7. The second-order valence-corrected chi connectivity index (χ2v) is 4.96. The van der Waals surface area contributed by atoms with Crippen molar-refractivity contribution in [2.75, 3.05) is 5.32 Å². The van der Waals surface area contributed by atoms with Crippen LogP contribution >= 0.6 is 0 Å². The molecule has 1 aromatic rings. The van der Waals surface area contributed by atoms with Gasteiger partial charge in [0.05, 0.1) is 18.0 Å². The van der Waals surface area contributed by atoms with Crippen molar-refractivity contribution < 1.29 is 24.6 Å². The molecule has 1 aromatic carbocycles. The van der Waals surface area contributed by atoms with Gasteiger partial charge in [-0.1, -0.05) is 26.0 Å². The third-order valence-electron chi connectivity index (χ3n) is 2.68. The number of carbonyl (C=O) groups excluding carboxylic acids is 3. The van der Waals surface area contributed by atoms with Crippen LogP contribution in [0.4, 0.5) is 10.5 Å². The van der Waals surface area contributed by atoms with Gasteiger partial charge in [-0.3, -0.25) is 0 Å². The summed E-state index contributed by atoms with van der Waals surface area (Å²) < 4.78 is 0. The second kappa shape index (κ2) is 7.28. The molecular formula is C14H16N2O5-2. The van der Waals surface area contributed by atoms with E-state index < -0.39 is 24.0 Å². The Kier molecular flexibility index (Phi) is 5.71. The standard InChI is InChI=1S/C14H18N2O5/c1-8(2)7-11(13(19)20)16-14(21)15-10-5-3-9(4-6-10)12(17)18/h3-6,8,11H,7H2,1-2H3,(H,17,18)(H,19,20)(H2,15,16,21)/p-2/t11-/m0/s1. The number of carboxylic acid groups (broad SMARTS) is 2. The molecule has 0 radical (unpaired) electrons. The first-order valence-corrected chi connectivity index (χ1v) is 6.39. The Morgan fingerprint density at radius 2 is 1.67 bits per heavy atom. The highest BCUT2D eigenvalue weighted by molar-refractivity contribution is 5.93. The highest BCUT2D eigenvalue weighted by atomic mass is 16.4. The van der Waals surface area contributed by atoms with Gasteiger partial charge < -0.3 is 30.4 Å². The molecule has 21 heavy (non-hydrogen) atoms. The van der Waals surface area contributed by atoms with E-state index in [4.69, 9.17) is 0 Å². The van der Waals surface area contributed by atoms with E-state index in [1.807, 2.05) is 13.8 Å². The first-order chi connectivity index (χ1) is 9.79. The summed E-state index contributed by atoms with van der Waals surface area (Å²) in [4.78, 5) is 33.2. The summed E-state index contributed by atoms with van der Waals surface area (Å²) in [6, 6.07) is 3.51. The van der Waals surface area contributed by atoms with Crippen LogP contribution in [-0.2, 0) is 4.79 Å². The molecule has 1 rings (SSSR count). The fourth-order valence-corrected chi connectivity index (χ4v) is 1.70. The summed E-state index contributed by atoms with van der Waals surface area (Å²) in [5.41, 5.74) is 0.313. The van der Waals surface area contributed by atoms with E-state index in [1.54, 1.807) is 0 Å². The van der Waals surface area contributed by atoms with Crippen LogP contribution in [0.15, 0.2) is 24.3 Å². The summed E-state index contributed by atoms with van der Waals surface area (Å²) in [6.07, 6.45) is 0.249. The molecular weight excluding hydrogens is 276 g/mol. The Balaban J connectivity index is 2.63. The van der Waals surface area contributed by atoms with Crippen molar-refractivity contribution in [2.24, 2.45) is 5.92 Å². The number of carbonyl (C=O) groups is 3. The molecule has 2 amide bonds. The molecule has 0 saturated heterocycles. The Hall–Kier alpha value is -2.57. The van der Waals surface area contributed by atoms with Gasteiger partial charge in [0.25, 0.3) is 0 Å². The third kappa shape index (κ3) is 5.52. The number of urea groups is 1. The summed E-state index contributed by atoms with van der Waals surface area (Å²) in [6.45, 7) is 3.66. The first-order valence-electron chi connectivity index (χ1n) is 6.39. The number of carboxylic acids is 2. The van der Waals surface area contributed by atoms with Crippen LogP contribution in [0.1, 0.15) is 30.6 Å². The van der Waals surface area contributed by atoms with E-state index in [2.05, 4.69) is 10.6 Å². The fourth-order valence-electron chi connectivity index (χ4n) is 1.70. The first kappa shape index (κ1) is 16.5. The van der Waals surface area contributed by atoms with Crippen LogP contribution < -0.4 is 20.8 Å². The minimum atomic E-state index is -1.36. The molecule has 114 valence electrons. The molecule has 0 saturated carbocycles. The number of rotatable bonds is 6. The van der Waals surface area contributed by atoms with Crippen LogP contribution in [0.5, 0.6) is 0 Å². The maximum Gasteiger partial charge on any atom is 0.319 e. The topological polar surface area (TPSA) is 121 Å². The highest BCUT2D eigenvalue weighted by Gasteiger charge is 2.15. The van der Waals surface area contributed by atoms with E-state index in [-0.39, 0.29) is 17.9 Å². The predicted molar refractivity (Wildman–Crippen MR) is 71.2 cm³/mol. The lowest BCUT2D eigenvalue weighted by atomic mass is 10.0. The number of nitrogens with one attached hydrogen (secondary N) is 2. The summed E-state index contributed by atoms with van der Waals surface area (Å²) in [5, 5.41) is 26.2. The van der Waals surface area contributed by atoms with Gasteiger partial charge in [-0.25, -0.2) is 4.79 Å². The lowest BCUT2D eigenvalue weighted by Crippen LogP contribution is -2.49. The zero-order chi connectivity index (χ0) is 16.0. The Morgan fingerprint density at radius 3 is 2.10 bits per heavy atom. The number of hydrogen-bond acceptors (Lipinski definition) is 5. The highest BCUT2D eigenvalue weighted by Crippen LogP contribution is 2.09. The second-order valence-electron chi connectivity index (χ2n) is 4.96. The molecule has 0 aliphatic heterocycles. The molecule has 0 aromatic heterocycles. The SMILES string of the molecule is CC(C)C[C@H](NC(=O)Nc1ccc(C(=O)[O-])cc1)C(=O)[O-]. The van der Waals surface area contributed by atoms with Gasteiger partial charge in [-0.2, -0.15) is 0 Å². The van der Waals surface area contributed by atoms with E-state index in [9.17, 15) is 24.6 Å². The molecule has 0 fully saturated rings. The largest absolute Gasteiger partial charge is 0.548 e. The zero-order valence-corrected chi connectivity index (χ0v) is 11.7. The normalized spacial score (nSPS) is 11.8. The Labute approximate surface area is 122 Å². The zero-order valence-electron chi connectivity index (χ0n) is 11.7. The Morgan fingerprint density at radius 1 is 1.10 bits per heavy atom. The summed E-state index contributed by atoms with van der Waals surface area (Å²) in [7, 11) is 0. The van der Waals surface area contributed by atoms with Gasteiger partial charge in [-0.15, -0.1) is 0 Å². The number of amides is 2. The molecule has 0 heterocycles. The molecule has 0 unspecified atom stereocenters. The lowest BCUT2D eigenvalue weighted by molar-refractivity contribution is -0.308. The molecule has 1 atom stereocenters. The minimum absolute atomic E-state index is 0.0200. The summed E-state index contributed by atoms with van der Waals surface area (Å²) >= 11 is 0. The van der Waals surface area contributed by atoms with Crippen LogP contribution in [0, 0.1) is 5.92 Å². The minimum Gasteiger partial charge on any atom is -0.548 e. The van der Waals surface area contributed by atoms with Gasteiger partial charge in [0.2, 0.25) is 0 Å². The number of aromatic carboxylic acids is 1. The molecule has 7 heteroatoms. The number of hydrogen-bond donors (Lipinski definition) is 2. The van der Waals surface area contributed by atoms with Gasteiger partial charge in [0.1, 0.15) is 0 Å². The molecule has 2 N–H and O–H groups in total. The van der Waals surface area contributed by atoms with Crippen LogP contribution in [0.25, 0.3) is 0 Å². The number of anilines is 1. The van der Waals surface area contributed by atoms with Crippen molar-refractivity contribution in [1.82, 2.24) is 5.32 Å². The van der Waals surface area contributed by atoms with Gasteiger partial charge >= 0.3 is 6.03 Å². The third-order valence-corrected chi connectivity index (χ3v) is 2.68. The van der Waals surface area contributed by atoms with E-state index in [0.29, 0.717) is 5.69 Å². The monoisotopic (exact) mass is 292 g/mol. The quantitative estimate of drug-likeness (QED) is 0.720. The average molecular weight is 292 g/mol. The van der Waals surface area contributed by atoms with Crippen molar-refractivity contribution in [3.63, 3.8) is 0 Å². The molecule has 0 spiro atoms. The van der Waals surface area contributed by atoms with E-state index in [1.165, 1.54) is 24.3 Å². The van der Waals surface area contributed by atoms with Crippen LogP contribution in [-0.4, -0.2) is 24.0 Å². The maximum atomic E-state index is 11.7. The smallest absolute Gasteiger partial charge is 0.319 e. The number of benzene rings is 1. The van der Waals surface area contributed by atoms with Crippen LogP contribution in [0.2, 0.25) is 0 Å². The molecule has 0 aliphatic carbocycles. The average Bonchev–Trinajstić information content (AvgIpc) is 2.37. The van der Waals surface area contributed by atoms with Crippen molar-refractivity contribution in [3.05, 3.63) is 29.8 Å². The van der Waals surface area contributed by atoms with Gasteiger partial charge in [0, 0.05) is 5.69 Å². The van der Waals surface area contributed by atoms with E-state index >= 15 is 0 Å². The van der Waals surface area contributed by atoms with Crippen molar-refractivity contribution in [3.8, 4) is 0 Å². The van der Waals surface area contributed by atoms with Crippen molar-refractivity contribution in [1.29, 1.82) is 0 Å². The predicted octanol–water partition coefficient (Wildman–Crippen LogP) is -0.664. The van der Waals surface area contributed by atoms with Gasteiger partial charge in [0.15, 0.2) is 0 Å². The van der Waals surface area contributed by atoms with Gasteiger partial charge in [-0.05, 0) is 30.0 Å².